The average molecular weight is 375 g/mol. The van der Waals surface area contributed by atoms with Gasteiger partial charge in [0.1, 0.15) is 5.75 Å². The third kappa shape index (κ3) is 4.85. The molecule has 5 nitrogen and oxygen atoms in total. The fourth-order valence-corrected chi connectivity index (χ4v) is 3.32. The van der Waals surface area contributed by atoms with E-state index in [4.69, 9.17) is 4.74 Å². The molecule has 1 amide bonds. The fourth-order valence-electron chi connectivity index (χ4n) is 2.47. The molecule has 0 aliphatic carbocycles. The Morgan fingerprint density at radius 2 is 1.73 bits per heavy atom. The van der Waals surface area contributed by atoms with Crippen LogP contribution in [0.4, 0.5) is 5.69 Å². The van der Waals surface area contributed by atoms with Crippen LogP contribution in [0.3, 0.4) is 0 Å². The second kappa shape index (κ2) is 7.91. The van der Waals surface area contributed by atoms with Crippen LogP contribution in [0.1, 0.15) is 37.8 Å². The minimum absolute atomic E-state index is 0.0820. The first-order chi connectivity index (χ1) is 12.1. The first kappa shape index (κ1) is 20.0. The number of amides is 1. The number of hydrogen-bond donors (Lipinski definition) is 1. The number of carbonyl (C=O) groups is 1. The van der Waals surface area contributed by atoms with Gasteiger partial charge >= 0.3 is 0 Å². The maximum Gasteiger partial charge on any atom is 0.265 e. The van der Waals surface area contributed by atoms with E-state index >= 15 is 0 Å². The Labute approximate surface area is 155 Å². The van der Waals surface area contributed by atoms with E-state index < -0.39 is 21.8 Å². The Morgan fingerprint density at radius 3 is 2.35 bits per heavy atom. The predicted molar refractivity (Wildman–Crippen MR) is 104 cm³/mol. The van der Waals surface area contributed by atoms with E-state index in [0.717, 1.165) is 17.4 Å². The molecule has 1 unspecified atom stereocenters. The predicted octanol–water partition coefficient (Wildman–Crippen LogP) is 3.93. The summed E-state index contributed by atoms with van der Waals surface area (Å²) in [6.45, 7) is 7.74. The summed E-state index contributed by atoms with van der Waals surface area (Å²) in [7, 11) is -3.44. The van der Waals surface area contributed by atoms with Crippen LogP contribution in [-0.2, 0) is 14.6 Å². The number of para-hydroxylation sites is 1. The Morgan fingerprint density at radius 1 is 1.08 bits per heavy atom. The Kier molecular flexibility index (Phi) is 6.08. The van der Waals surface area contributed by atoms with Gasteiger partial charge in [-0.1, -0.05) is 38.1 Å². The summed E-state index contributed by atoms with van der Waals surface area (Å²) >= 11 is 0. The van der Waals surface area contributed by atoms with Gasteiger partial charge in [-0.15, -0.1) is 0 Å². The number of anilines is 1. The molecule has 0 radical (unpaired) electrons. The summed E-state index contributed by atoms with van der Waals surface area (Å²) in [5.41, 5.74) is 2.31. The SMILES string of the molecule is Cc1ccc(C(C)C)cc1OC(C)C(=O)Nc1ccccc1S(C)(=O)=O. The van der Waals surface area contributed by atoms with Crippen molar-refractivity contribution in [1.29, 1.82) is 0 Å². The quantitative estimate of drug-likeness (QED) is 0.830. The smallest absolute Gasteiger partial charge is 0.265 e. The zero-order valence-electron chi connectivity index (χ0n) is 15.7. The molecule has 0 bridgehead atoms. The lowest BCUT2D eigenvalue weighted by Crippen LogP contribution is -2.30. The van der Waals surface area contributed by atoms with Gasteiger partial charge < -0.3 is 10.1 Å². The zero-order valence-corrected chi connectivity index (χ0v) is 16.6. The first-order valence-electron chi connectivity index (χ1n) is 8.46. The van der Waals surface area contributed by atoms with Crippen LogP contribution in [-0.4, -0.2) is 26.7 Å². The molecule has 2 aromatic rings. The average Bonchev–Trinajstić information content (AvgIpc) is 2.56. The molecule has 2 rings (SSSR count). The summed E-state index contributed by atoms with van der Waals surface area (Å²) in [4.78, 5) is 12.6. The Hall–Kier alpha value is -2.34. The van der Waals surface area contributed by atoms with Crippen LogP contribution >= 0.6 is 0 Å². The number of aryl methyl sites for hydroxylation is 1. The van der Waals surface area contributed by atoms with Crippen molar-refractivity contribution in [3.05, 3.63) is 53.6 Å². The molecule has 0 saturated carbocycles. The summed E-state index contributed by atoms with van der Waals surface area (Å²) in [6, 6.07) is 12.3. The van der Waals surface area contributed by atoms with E-state index in [1.54, 1.807) is 25.1 Å². The molecular weight excluding hydrogens is 350 g/mol. The topological polar surface area (TPSA) is 72.5 Å². The molecule has 0 aliphatic rings. The summed E-state index contributed by atoms with van der Waals surface area (Å²) < 4.78 is 29.6. The summed E-state index contributed by atoms with van der Waals surface area (Å²) in [5.74, 6) is 0.592. The highest BCUT2D eigenvalue weighted by Gasteiger charge is 2.20. The molecule has 0 fully saturated rings. The van der Waals surface area contributed by atoms with Gasteiger partial charge in [-0.25, -0.2) is 8.42 Å². The van der Waals surface area contributed by atoms with Crippen LogP contribution in [0.2, 0.25) is 0 Å². The van der Waals surface area contributed by atoms with Crippen molar-refractivity contribution in [2.24, 2.45) is 0 Å². The Balaban J connectivity index is 2.18. The molecule has 1 atom stereocenters. The van der Waals surface area contributed by atoms with Crippen LogP contribution in [0.25, 0.3) is 0 Å². The molecule has 2 aromatic carbocycles. The van der Waals surface area contributed by atoms with Gasteiger partial charge in [-0.3, -0.25) is 4.79 Å². The van der Waals surface area contributed by atoms with Gasteiger partial charge in [-0.05, 0) is 49.1 Å². The van der Waals surface area contributed by atoms with Gasteiger partial charge in [0.2, 0.25) is 0 Å². The second-order valence-corrected chi connectivity index (χ2v) is 8.68. The maximum absolute atomic E-state index is 12.5. The number of benzene rings is 2. The van der Waals surface area contributed by atoms with E-state index in [1.165, 1.54) is 6.07 Å². The van der Waals surface area contributed by atoms with Crippen LogP contribution in [0, 0.1) is 6.92 Å². The number of hydrogen-bond acceptors (Lipinski definition) is 4. The maximum atomic E-state index is 12.5. The lowest BCUT2D eigenvalue weighted by molar-refractivity contribution is -0.122. The van der Waals surface area contributed by atoms with Crippen molar-refractivity contribution >= 4 is 21.4 Å². The molecule has 0 aliphatic heterocycles. The van der Waals surface area contributed by atoms with Crippen molar-refractivity contribution in [3.63, 3.8) is 0 Å². The standard InChI is InChI=1S/C20H25NO4S/c1-13(2)16-11-10-14(3)18(12-16)25-15(4)20(22)21-17-8-6-7-9-19(17)26(5,23)24/h6-13,15H,1-5H3,(H,21,22). The molecule has 0 spiro atoms. The van der Waals surface area contributed by atoms with E-state index in [1.807, 2.05) is 25.1 Å². The third-order valence-corrected chi connectivity index (χ3v) is 5.25. The summed E-state index contributed by atoms with van der Waals surface area (Å²) in [5, 5.41) is 2.65. The highest BCUT2D eigenvalue weighted by atomic mass is 32.2. The largest absolute Gasteiger partial charge is 0.481 e. The number of carbonyl (C=O) groups excluding carboxylic acids is 1. The molecule has 0 heterocycles. The monoisotopic (exact) mass is 375 g/mol. The van der Waals surface area contributed by atoms with Gasteiger partial charge in [0, 0.05) is 6.26 Å². The zero-order chi connectivity index (χ0) is 19.5. The molecule has 0 saturated heterocycles. The van der Waals surface area contributed by atoms with Crippen molar-refractivity contribution < 1.29 is 17.9 Å². The number of ether oxygens (including phenoxy) is 1. The number of sulfone groups is 1. The highest BCUT2D eigenvalue weighted by molar-refractivity contribution is 7.90. The highest BCUT2D eigenvalue weighted by Crippen LogP contribution is 2.26. The van der Waals surface area contributed by atoms with Crippen LogP contribution in [0.5, 0.6) is 5.75 Å². The minimum atomic E-state index is -3.44. The van der Waals surface area contributed by atoms with E-state index in [2.05, 4.69) is 19.2 Å². The lowest BCUT2D eigenvalue weighted by atomic mass is 10.0. The van der Waals surface area contributed by atoms with E-state index in [9.17, 15) is 13.2 Å². The normalized spacial score (nSPS) is 12.7. The fraction of sp³-hybridized carbons (Fsp3) is 0.350. The molecule has 140 valence electrons. The molecule has 6 heteroatoms. The van der Waals surface area contributed by atoms with E-state index in [-0.39, 0.29) is 10.6 Å². The lowest BCUT2D eigenvalue weighted by Gasteiger charge is -2.18. The van der Waals surface area contributed by atoms with Crippen LogP contribution < -0.4 is 10.1 Å². The number of rotatable bonds is 6. The molecule has 26 heavy (non-hydrogen) atoms. The van der Waals surface area contributed by atoms with Crippen molar-refractivity contribution in [1.82, 2.24) is 0 Å². The second-order valence-electron chi connectivity index (χ2n) is 6.70. The van der Waals surface area contributed by atoms with Crippen molar-refractivity contribution in [2.75, 3.05) is 11.6 Å². The minimum Gasteiger partial charge on any atom is -0.481 e. The van der Waals surface area contributed by atoms with Gasteiger partial charge in [0.05, 0.1) is 10.6 Å². The number of nitrogens with one attached hydrogen (secondary N) is 1. The van der Waals surface area contributed by atoms with Crippen molar-refractivity contribution in [2.45, 2.75) is 44.6 Å². The van der Waals surface area contributed by atoms with Crippen molar-refractivity contribution in [3.8, 4) is 5.75 Å². The Bertz CT molecular complexity index is 904. The molecule has 1 N–H and O–H groups in total. The summed E-state index contributed by atoms with van der Waals surface area (Å²) in [6.07, 6.45) is 0.335. The van der Waals surface area contributed by atoms with Gasteiger partial charge in [-0.2, -0.15) is 0 Å². The molecular formula is C20H25NO4S. The molecule has 0 aromatic heterocycles. The van der Waals surface area contributed by atoms with Crippen LogP contribution in [0.15, 0.2) is 47.4 Å². The first-order valence-corrected chi connectivity index (χ1v) is 10.4. The van der Waals surface area contributed by atoms with Gasteiger partial charge in [0.15, 0.2) is 15.9 Å². The van der Waals surface area contributed by atoms with Gasteiger partial charge in [0.25, 0.3) is 5.91 Å². The third-order valence-electron chi connectivity index (χ3n) is 4.10. The van der Waals surface area contributed by atoms with E-state index in [0.29, 0.717) is 11.7 Å².